The van der Waals surface area contributed by atoms with Gasteiger partial charge < -0.3 is 20.4 Å². The molecule has 0 saturated heterocycles. The molecule has 0 bridgehead atoms. The number of imidazole rings is 1. The Morgan fingerprint density at radius 1 is 1.34 bits per heavy atom. The lowest BCUT2D eigenvalue weighted by atomic mass is 10.3. The molecule has 29 heavy (non-hydrogen) atoms. The Morgan fingerprint density at radius 2 is 2.21 bits per heavy atom. The van der Waals surface area contributed by atoms with Crippen LogP contribution >= 0.6 is 0 Å². The van der Waals surface area contributed by atoms with E-state index in [4.69, 9.17) is 15.5 Å². The first-order chi connectivity index (χ1) is 14.1. The number of nitrogens with one attached hydrogen (secondary N) is 1. The number of amides is 1. The van der Waals surface area contributed by atoms with Crippen molar-refractivity contribution >= 4 is 22.8 Å². The van der Waals surface area contributed by atoms with Crippen LogP contribution in [0.1, 0.15) is 34.7 Å². The number of anilines is 1. The maximum absolute atomic E-state index is 12.0. The quantitative estimate of drug-likeness (QED) is 0.538. The van der Waals surface area contributed by atoms with E-state index in [0.717, 1.165) is 34.9 Å². The number of aromatic nitrogens is 4. The molecular weight excluding hydrogens is 368 g/mol. The Bertz CT molecular complexity index is 997. The topological polar surface area (TPSA) is 108 Å². The number of aryl methyl sites for hydroxylation is 1. The molecule has 8 nitrogen and oxygen atoms in total. The number of hydrogen-bond acceptors (Lipinski definition) is 6. The monoisotopic (exact) mass is 394 g/mol. The highest BCUT2D eigenvalue weighted by Gasteiger charge is 2.25. The summed E-state index contributed by atoms with van der Waals surface area (Å²) >= 11 is 0. The van der Waals surface area contributed by atoms with Gasteiger partial charge in [-0.05, 0) is 43.9 Å². The predicted molar refractivity (Wildman–Crippen MR) is 110 cm³/mol. The largest absolute Gasteiger partial charge is 0.382 e. The van der Waals surface area contributed by atoms with Gasteiger partial charge in [-0.2, -0.15) is 0 Å². The van der Waals surface area contributed by atoms with Crippen molar-refractivity contribution in [2.45, 2.75) is 32.7 Å². The van der Waals surface area contributed by atoms with E-state index in [1.807, 2.05) is 13.0 Å². The Balaban J connectivity index is 1.32. The molecule has 0 aliphatic heterocycles. The first-order valence-corrected chi connectivity index (χ1v) is 10.00. The Labute approximate surface area is 169 Å². The second kappa shape index (κ2) is 8.57. The number of rotatable bonds is 9. The normalized spacial score (nSPS) is 13.7. The van der Waals surface area contributed by atoms with E-state index in [0.29, 0.717) is 37.7 Å². The van der Waals surface area contributed by atoms with Gasteiger partial charge >= 0.3 is 0 Å². The number of carbonyl (C=O) groups excluding carboxylic acids is 1. The van der Waals surface area contributed by atoms with E-state index in [2.05, 4.69) is 19.9 Å². The van der Waals surface area contributed by atoms with Gasteiger partial charge in [0.2, 0.25) is 0 Å². The van der Waals surface area contributed by atoms with Gasteiger partial charge in [0.15, 0.2) is 5.82 Å². The van der Waals surface area contributed by atoms with Crippen molar-refractivity contribution in [1.82, 2.24) is 24.8 Å². The zero-order valence-electron chi connectivity index (χ0n) is 16.6. The third kappa shape index (κ3) is 4.71. The fourth-order valence-electron chi connectivity index (χ4n) is 3.40. The van der Waals surface area contributed by atoms with Gasteiger partial charge in [0.1, 0.15) is 11.3 Å². The van der Waals surface area contributed by atoms with Gasteiger partial charge in [-0.25, -0.2) is 9.97 Å². The molecule has 8 heteroatoms. The minimum absolute atomic E-state index is 0.146. The lowest BCUT2D eigenvalue weighted by molar-refractivity contribution is 0.0908. The van der Waals surface area contributed by atoms with Gasteiger partial charge in [0.05, 0.1) is 24.3 Å². The number of nitrogens with two attached hydrogens (primary N) is 1. The molecule has 4 rings (SSSR count). The molecular formula is C21H26N6O2. The van der Waals surface area contributed by atoms with Crippen LogP contribution in [0, 0.1) is 12.8 Å². The van der Waals surface area contributed by atoms with E-state index in [-0.39, 0.29) is 5.91 Å². The van der Waals surface area contributed by atoms with Crippen molar-refractivity contribution < 1.29 is 9.53 Å². The fourth-order valence-corrected chi connectivity index (χ4v) is 3.40. The maximum Gasteiger partial charge on any atom is 0.252 e. The highest BCUT2D eigenvalue weighted by atomic mass is 16.5. The minimum atomic E-state index is -0.146. The van der Waals surface area contributed by atoms with Crippen LogP contribution < -0.4 is 11.1 Å². The zero-order chi connectivity index (χ0) is 20.2. The molecule has 152 valence electrons. The summed E-state index contributed by atoms with van der Waals surface area (Å²) in [5, 5.41) is 2.84. The number of fused-ring (bicyclic) bond motifs is 1. The summed E-state index contributed by atoms with van der Waals surface area (Å²) in [5.74, 6) is 2.11. The fraction of sp³-hybridized carbons (Fsp3) is 0.429. The lowest BCUT2D eigenvalue weighted by Crippen LogP contribution is -2.27. The standard InChI is InChI=1S/C21H26N6O2/c1-14-11-17-19(20(22)25-14)26-18(12-15-4-5-15)27(17)8-10-29-9-7-24-21(28)16-3-2-6-23-13-16/h2-3,6,11,13,15H,4-5,7-10,12H2,1H3,(H2,22,25)(H,24,28). The summed E-state index contributed by atoms with van der Waals surface area (Å²) < 4.78 is 7.95. The first kappa shape index (κ1) is 19.3. The number of nitrogens with zero attached hydrogens (tertiary/aromatic N) is 4. The maximum atomic E-state index is 12.0. The van der Waals surface area contributed by atoms with E-state index in [9.17, 15) is 4.79 Å². The summed E-state index contributed by atoms with van der Waals surface area (Å²) in [6, 6.07) is 5.50. The Kier molecular flexibility index (Phi) is 5.71. The summed E-state index contributed by atoms with van der Waals surface area (Å²) in [5.41, 5.74) is 9.31. The second-order valence-corrected chi connectivity index (χ2v) is 7.45. The third-order valence-corrected chi connectivity index (χ3v) is 5.05. The van der Waals surface area contributed by atoms with Crippen LogP contribution in [0.2, 0.25) is 0 Å². The number of pyridine rings is 2. The molecule has 0 unspecified atom stereocenters. The highest BCUT2D eigenvalue weighted by Crippen LogP contribution is 2.33. The number of nitrogen functional groups attached to an aromatic ring is 1. The first-order valence-electron chi connectivity index (χ1n) is 10.00. The summed E-state index contributed by atoms with van der Waals surface area (Å²) in [7, 11) is 0. The van der Waals surface area contributed by atoms with Crippen molar-refractivity contribution in [2.75, 3.05) is 25.5 Å². The molecule has 0 aromatic carbocycles. The van der Waals surface area contributed by atoms with E-state index < -0.39 is 0 Å². The molecule has 1 amide bonds. The summed E-state index contributed by atoms with van der Waals surface area (Å²) in [4.78, 5) is 25.0. The molecule has 3 aromatic rings. The van der Waals surface area contributed by atoms with E-state index in [1.165, 1.54) is 12.8 Å². The van der Waals surface area contributed by atoms with E-state index in [1.54, 1.807) is 24.5 Å². The number of carbonyl (C=O) groups is 1. The number of hydrogen-bond donors (Lipinski definition) is 2. The zero-order valence-corrected chi connectivity index (χ0v) is 16.6. The van der Waals surface area contributed by atoms with E-state index >= 15 is 0 Å². The lowest BCUT2D eigenvalue weighted by Gasteiger charge is -2.11. The summed E-state index contributed by atoms with van der Waals surface area (Å²) in [6.07, 6.45) is 6.69. The van der Waals surface area contributed by atoms with Crippen LogP contribution in [0.4, 0.5) is 5.82 Å². The molecule has 3 heterocycles. The van der Waals surface area contributed by atoms with Gasteiger partial charge in [-0.15, -0.1) is 0 Å². The molecule has 0 spiro atoms. The molecule has 1 saturated carbocycles. The molecule has 0 atom stereocenters. The van der Waals surface area contributed by atoms with Crippen LogP contribution in [-0.4, -0.2) is 45.2 Å². The Hall–Kier alpha value is -3.00. The minimum Gasteiger partial charge on any atom is -0.382 e. The predicted octanol–water partition coefficient (Wildman–Crippen LogP) is 2.12. The van der Waals surface area contributed by atoms with Crippen molar-refractivity contribution in [2.24, 2.45) is 5.92 Å². The van der Waals surface area contributed by atoms with Crippen molar-refractivity contribution in [1.29, 1.82) is 0 Å². The average molecular weight is 394 g/mol. The van der Waals surface area contributed by atoms with Crippen LogP contribution in [0.5, 0.6) is 0 Å². The van der Waals surface area contributed by atoms with Crippen LogP contribution in [0.25, 0.3) is 11.0 Å². The second-order valence-electron chi connectivity index (χ2n) is 7.45. The Morgan fingerprint density at radius 3 is 2.97 bits per heavy atom. The van der Waals surface area contributed by atoms with Crippen LogP contribution in [-0.2, 0) is 17.7 Å². The van der Waals surface area contributed by atoms with Crippen LogP contribution in [0.3, 0.4) is 0 Å². The molecule has 1 aliphatic rings. The SMILES string of the molecule is Cc1cc2c(nc(CC3CC3)n2CCOCCNC(=O)c2cccnc2)c(N)n1. The van der Waals surface area contributed by atoms with Gasteiger partial charge in [-0.3, -0.25) is 9.78 Å². The molecule has 3 N–H and O–H groups in total. The molecule has 1 fully saturated rings. The van der Waals surface area contributed by atoms with Crippen molar-refractivity contribution in [3.8, 4) is 0 Å². The van der Waals surface area contributed by atoms with Gasteiger partial charge in [0, 0.05) is 37.6 Å². The molecule has 0 radical (unpaired) electrons. The third-order valence-electron chi connectivity index (χ3n) is 5.05. The van der Waals surface area contributed by atoms with Gasteiger partial charge in [0.25, 0.3) is 5.91 Å². The summed E-state index contributed by atoms with van der Waals surface area (Å²) in [6.45, 7) is 4.06. The number of ether oxygens (including phenoxy) is 1. The smallest absolute Gasteiger partial charge is 0.252 e. The van der Waals surface area contributed by atoms with Crippen LogP contribution in [0.15, 0.2) is 30.6 Å². The van der Waals surface area contributed by atoms with Gasteiger partial charge in [-0.1, -0.05) is 0 Å². The molecule has 3 aromatic heterocycles. The highest BCUT2D eigenvalue weighted by molar-refractivity contribution is 5.93. The average Bonchev–Trinajstić information content (AvgIpc) is 3.47. The molecule has 1 aliphatic carbocycles. The van der Waals surface area contributed by atoms with Crippen molar-refractivity contribution in [3.63, 3.8) is 0 Å². The van der Waals surface area contributed by atoms with Crippen molar-refractivity contribution in [3.05, 3.63) is 47.7 Å².